The lowest BCUT2D eigenvalue weighted by atomic mass is 9.78. The van der Waals surface area contributed by atoms with Gasteiger partial charge in [-0.2, -0.15) is 5.10 Å². The average Bonchev–Trinajstić information content (AvgIpc) is 2.93. The van der Waals surface area contributed by atoms with Crippen molar-refractivity contribution in [1.29, 1.82) is 0 Å². The maximum Gasteiger partial charge on any atom is 0.235 e. The number of hydrogen-bond donors (Lipinski definition) is 0. The van der Waals surface area contributed by atoms with Gasteiger partial charge in [0.25, 0.3) is 0 Å². The molecule has 2 fully saturated rings. The highest BCUT2D eigenvalue weighted by atomic mass is 16.2. The van der Waals surface area contributed by atoms with Crippen molar-refractivity contribution in [2.24, 2.45) is 5.41 Å². The molecule has 0 radical (unpaired) electrons. The Hall–Kier alpha value is -2.50. The molecule has 4 heterocycles. The van der Waals surface area contributed by atoms with Gasteiger partial charge in [-0.25, -0.2) is 0 Å². The summed E-state index contributed by atoms with van der Waals surface area (Å²) in [5.41, 5.74) is 1.50. The zero-order chi connectivity index (χ0) is 16.6. The highest BCUT2D eigenvalue weighted by molar-refractivity contribution is 6.00. The number of pyridine rings is 1. The third-order valence-corrected chi connectivity index (χ3v) is 5.16. The molecule has 2 aromatic heterocycles. The van der Waals surface area contributed by atoms with E-state index in [1.807, 2.05) is 36.1 Å². The van der Waals surface area contributed by atoms with Crippen LogP contribution in [0.25, 0.3) is 0 Å². The Morgan fingerprint density at radius 2 is 2.04 bits per heavy atom. The molecule has 124 valence electrons. The predicted molar refractivity (Wildman–Crippen MR) is 91.9 cm³/mol. The van der Waals surface area contributed by atoms with Crippen LogP contribution >= 0.6 is 0 Å². The van der Waals surface area contributed by atoms with Crippen LogP contribution in [0.2, 0.25) is 0 Å². The van der Waals surface area contributed by atoms with Crippen molar-refractivity contribution >= 4 is 17.4 Å². The molecule has 24 heavy (non-hydrogen) atoms. The van der Waals surface area contributed by atoms with E-state index >= 15 is 0 Å². The first-order chi connectivity index (χ1) is 11.7. The number of carbonyl (C=O) groups is 1. The van der Waals surface area contributed by atoms with E-state index in [9.17, 15) is 4.79 Å². The van der Waals surface area contributed by atoms with Crippen LogP contribution in [0.5, 0.6) is 0 Å². The summed E-state index contributed by atoms with van der Waals surface area (Å²) in [6.45, 7) is 4.35. The van der Waals surface area contributed by atoms with Crippen molar-refractivity contribution in [1.82, 2.24) is 15.2 Å². The van der Waals surface area contributed by atoms with Crippen LogP contribution in [0.4, 0.5) is 11.5 Å². The van der Waals surface area contributed by atoms with Crippen LogP contribution in [0.1, 0.15) is 25.0 Å². The summed E-state index contributed by atoms with van der Waals surface area (Å²) < 4.78 is 0. The average molecular weight is 323 g/mol. The van der Waals surface area contributed by atoms with Gasteiger partial charge >= 0.3 is 0 Å². The van der Waals surface area contributed by atoms with E-state index in [1.54, 1.807) is 12.4 Å². The van der Waals surface area contributed by atoms with Crippen LogP contribution in [-0.2, 0) is 4.79 Å². The van der Waals surface area contributed by atoms with E-state index in [-0.39, 0.29) is 11.3 Å². The number of aromatic nitrogens is 3. The highest BCUT2D eigenvalue weighted by Gasteiger charge is 2.49. The van der Waals surface area contributed by atoms with Gasteiger partial charge in [0, 0.05) is 25.8 Å². The van der Waals surface area contributed by atoms with Crippen molar-refractivity contribution in [3.8, 4) is 0 Å². The zero-order valence-electron chi connectivity index (χ0n) is 13.9. The highest BCUT2D eigenvalue weighted by Crippen LogP contribution is 2.42. The number of anilines is 2. The fourth-order valence-electron chi connectivity index (χ4n) is 3.85. The van der Waals surface area contributed by atoms with Gasteiger partial charge < -0.3 is 9.80 Å². The molecule has 6 heteroatoms. The number of amides is 1. The molecular formula is C18H21N5O. The summed E-state index contributed by atoms with van der Waals surface area (Å²) >= 11 is 0. The topological polar surface area (TPSA) is 62.2 Å². The molecular weight excluding hydrogens is 302 g/mol. The molecule has 6 nitrogen and oxygen atoms in total. The lowest BCUT2D eigenvalue weighted by molar-refractivity contribution is -0.126. The Morgan fingerprint density at radius 1 is 1.12 bits per heavy atom. The molecule has 0 bridgehead atoms. The standard InChI is InChI=1S/C18H21N5O/c1-14-5-6-16(21-20-14)22-10-3-7-18(13-22)8-11-23(17(18)24)15-4-2-9-19-12-15/h2,4-6,9,12H,3,7-8,10-11,13H2,1H3/t18-/m1/s1. The predicted octanol–water partition coefficient (Wildman–Crippen LogP) is 2.20. The fourth-order valence-corrected chi connectivity index (χ4v) is 3.85. The molecule has 0 aromatic carbocycles. The summed E-state index contributed by atoms with van der Waals surface area (Å²) in [6.07, 6.45) is 6.33. The Bertz CT molecular complexity index is 733. The minimum absolute atomic E-state index is 0.222. The molecule has 4 rings (SSSR count). The second kappa shape index (κ2) is 5.85. The molecule has 2 aromatic rings. The SMILES string of the molecule is Cc1ccc(N2CCC[C@@]3(CCN(c4cccnc4)C3=O)C2)nn1. The summed E-state index contributed by atoms with van der Waals surface area (Å²) in [5, 5.41) is 8.46. The first kappa shape index (κ1) is 15.1. The molecule has 2 saturated heterocycles. The van der Waals surface area contributed by atoms with Crippen molar-refractivity contribution in [3.63, 3.8) is 0 Å². The van der Waals surface area contributed by atoms with E-state index < -0.39 is 0 Å². The van der Waals surface area contributed by atoms with Crippen molar-refractivity contribution in [2.75, 3.05) is 29.4 Å². The Kier molecular flexibility index (Phi) is 3.67. The maximum absolute atomic E-state index is 13.1. The van der Waals surface area contributed by atoms with E-state index in [0.717, 1.165) is 56.1 Å². The second-order valence-electron chi connectivity index (χ2n) is 6.76. The normalized spacial score (nSPS) is 24.0. The van der Waals surface area contributed by atoms with Crippen molar-refractivity contribution < 1.29 is 4.79 Å². The Balaban J connectivity index is 1.57. The third kappa shape index (κ3) is 2.52. The first-order valence-electron chi connectivity index (χ1n) is 8.45. The summed E-state index contributed by atoms with van der Waals surface area (Å²) in [4.78, 5) is 21.4. The van der Waals surface area contributed by atoms with Crippen LogP contribution in [0.15, 0.2) is 36.7 Å². The van der Waals surface area contributed by atoms with E-state index in [2.05, 4.69) is 20.1 Å². The number of hydrogen-bond acceptors (Lipinski definition) is 5. The van der Waals surface area contributed by atoms with E-state index in [0.29, 0.717) is 0 Å². The van der Waals surface area contributed by atoms with Crippen LogP contribution < -0.4 is 9.80 Å². The number of rotatable bonds is 2. The van der Waals surface area contributed by atoms with Crippen LogP contribution in [0, 0.1) is 12.3 Å². The maximum atomic E-state index is 13.1. The molecule has 0 unspecified atom stereocenters. The molecule has 0 saturated carbocycles. The van der Waals surface area contributed by atoms with Gasteiger partial charge in [0.1, 0.15) is 0 Å². The lowest BCUT2D eigenvalue weighted by Gasteiger charge is -2.39. The first-order valence-corrected chi connectivity index (χ1v) is 8.45. The summed E-state index contributed by atoms with van der Waals surface area (Å²) in [7, 11) is 0. The summed E-state index contributed by atoms with van der Waals surface area (Å²) in [6, 6.07) is 7.81. The summed E-state index contributed by atoms with van der Waals surface area (Å²) in [5.74, 6) is 1.09. The monoisotopic (exact) mass is 323 g/mol. The van der Waals surface area contributed by atoms with Gasteiger partial charge in [-0.15, -0.1) is 5.10 Å². The van der Waals surface area contributed by atoms with Gasteiger partial charge in [-0.05, 0) is 50.5 Å². The molecule has 2 aliphatic heterocycles. The number of nitrogens with zero attached hydrogens (tertiary/aromatic N) is 5. The number of aryl methyl sites for hydroxylation is 1. The Morgan fingerprint density at radius 3 is 2.79 bits per heavy atom. The van der Waals surface area contributed by atoms with Crippen molar-refractivity contribution in [3.05, 3.63) is 42.4 Å². The van der Waals surface area contributed by atoms with E-state index in [4.69, 9.17) is 0 Å². The largest absolute Gasteiger partial charge is 0.354 e. The number of piperidine rings is 1. The van der Waals surface area contributed by atoms with Gasteiger partial charge in [0.15, 0.2) is 5.82 Å². The van der Waals surface area contributed by atoms with Gasteiger partial charge in [-0.3, -0.25) is 9.78 Å². The van der Waals surface area contributed by atoms with Gasteiger partial charge in [-0.1, -0.05) is 0 Å². The minimum Gasteiger partial charge on any atom is -0.354 e. The molecule has 2 aliphatic rings. The third-order valence-electron chi connectivity index (χ3n) is 5.16. The molecule has 1 atom stereocenters. The Labute approximate surface area is 141 Å². The molecule has 0 N–H and O–H groups in total. The van der Waals surface area contributed by atoms with Gasteiger partial charge in [0.2, 0.25) is 5.91 Å². The smallest absolute Gasteiger partial charge is 0.235 e. The van der Waals surface area contributed by atoms with Crippen molar-refractivity contribution in [2.45, 2.75) is 26.2 Å². The van der Waals surface area contributed by atoms with E-state index in [1.165, 1.54) is 0 Å². The minimum atomic E-state index is -0.305. The number of carbonyl (C=O) groups excluding carboxylic acids is 1. The quantitative estimate of drug-likeness (QED) is 0.848. The van der Waals surface area contributed by atoms with Crippen LogP contribution in [0.3, 0.4) is 0 Å². The van der Waals surface area contributed by atoms with Crippen LogP contribution in [-0.4, -0.2) is 40.7 Å². The lowest BCUT2D eigenvalue weighted by Crippen LogP contribution is -2.48. The molecule has 0 aliphatic carbocycles. The molecule has 1 amide bonds. The second-order valence-corrected chi connectivity index (χ2v) is 6.76. The van der Waals surface area contributed by atoms with Gasteiger partial charge in [0.05, 0.1) is 23.0 Å². The fraction of sp³-hybridized carbons (Fsp3) is 0.444. The molecule has 1 spiro atoms. The zero-order valence-corrected chi connectivity index (χ0v) is 13.9.